The lowest BCUT2D eigenvalue weighted by Gasteiger charge is -2.25. The third-order valence-electron chi connectivity index (χ3n) is 9.53. The third-order valence-corrected chi connectivity index (χ3v) is 10.8. The minimum atomic E-state index is -2.94. The molecule has 4 saturated heterocycles. The zero-order valence-corrected chi connectivity index (χ0v) is 28.7. The molecule has 4 aliphatic heterocycles. The Kier molecular flexibility index (Phi) is 17.5. The highest BCUT2D eigenvalue weighted by Gasteiger charge is 2.30. The lowest BCUT2D eigenvalue weighted by molar-refractivity contribution is -0.127. The van der Waals surface area contributed by atoms with E-state index in [4.69, 9.17) is 0 Å². The van der Waals surface area contributed by atoms with Crippen molar-refractivity contribution >= 4 is 15.9 Å². The minimum Gasteiger partial charge on any atom is -0.343 e. The second-order valence-corrected chi connectivity index (χ2v) is 16.0. The van der Waals surface area contributed by atoms with E-state index in [0.29, 0.717) is 18.4 Å². The number of carbonyl (C=O) groups excluding carboxylic acids is 1. The van der Waals surface area contributed by atoms with E-state index in [-0.39, 0.29) is 5.91 Å². The van der Waals surface area contributed by atoms with Crippen molar-refractivity contribution in [1.82, 2.24) is 19.8 Å². The van der Waals surface area contributed by atoms with E-state index in [1.54, 1.807) is 11.2 Å². The lowest BCUT2D eigenvalue weighted by Crippen LogP contribution is -2.32. The van der Waals surface area contributed by atoms with E-state index >= 15 is 0 Å². The predicted molar refractivity (Wildman–Crippen MR) is 171 cm³/mol. The second-order valence-electron chi connectivity index (χ2n) is 14.0. The van der Waals surface area contributed by atoms with Crippen molar-refractivity contribution in [2.24, 2.45) is 47.3 Å². The fourth-order valence-corrected chi connectivity index (χ4v) is 6.81. The Morgan fingerprint density at radius 3 is 1.43 bits per heavy atom. The molecular formula is C32H66N4O3S. The van der Waals surface area contributed by atoms with E-state index in [2.05, 4.69) is 66.0 Å². The maximum Gasteiger partial charge on any atom is 0.219 e. The topological polar surface area (TPSA) is 81.8 Å². The van der Waals surface area contributed by atoms with Crippen molar-refractivity contribution in [2.45, 2.75) is 94.4 Å². The summed E-state index contributed by atoms with van der Waals surface area (Å²) in [4.78, 5) is 12.9. The van der Waals surface area contributed by atoms with Gasteiger partial charge in [-0.1, -0.05) is 55.4 Å². The second kappa shape index (κ2) is 18.8. The molecular weight excluding hydrogens is 520 g/mol. The summed E-state index contributed by atoms with van der Waals surface area (Å²) < 4.78 is 23.8. The summed E-state index contributed by atoms with van der Waals surface area (Å²) in [7, 11) is -2.94. The van der Waals surface area contributed by atoms with Crippen molar-refractivity contribution in [3.05, 3.63) is 0 Å². The first-order chi connectivity index (χ1) is 18.6. The molecule has 0 saturated carbocycles. The molecule has 0 aromatic carbocycles. The molecule has 4 unspecified atom stereocenters. The van der Waals surface area contributed by atoms with Gasteiger partial charge in [0.05, 0.1) is 6.26 Å². The average molecular weight is 587 g/mol. The molecule has 0 bridgehead atoms. The monoisotopic (exact) mass is 586 g/mol. The van der Waals surface area contributed by atoms with Crippen LogP contribution in [-0.4, -0.2) is 82.1 Å². The van der Waals surface area contributed by atoms with Gasteiger partial charge < -0.3 is 15.5 Å². The van der Waals surface area contributed by atoms with Gasteiger partial charge >= 0.3 is 0 Å². The molecule has 1 amide bonds. The van der Waals surface area contributed by atoms with Crippen LogP contribution in [0.25, 0.3) is 0 Å². The van der Waals surface area contributed by atoms with Crippen LogP contribution in [-0.2, 0) is 14.8 Å². The number of amides is 1. The van der Waals surface area contributed by atoms with E-state index in [1.807, 2.05) is 4.90 Å². The van der Waals surface area contributed by atoms with Crippen LogP contribution in [0.1, 0.15) is 94.4 Å². The molecule has 4 heterocycles. The van der Waals surface area contributed by atoms with Crippen LogP contribution < -0.4 is 10.6 Å². The van der Waals surface area contributed by atoms with Crippen molar-refractivity contribution < 1.29 is 13.2 Å². The molecule has 2 N–H and O–H groups in total. The van der Waals surface area contributed by atoms with Gasteiger partial charge in [-0.3, -0.25) is 4.79 Å². The van der Waals surface area contributed by atoms with Crippen LogP contribution in [0, 0.1) is 47.3 Å². The number of nitrogens with zero attached hydrogens (tertiary/aromatic N) is 2. The van der Waals surface area contributed by atoms with Gasteiger partial charge in [0.25, 0.3) is 0 Å². The fraction of sp³-hybridized carbons (Fsp3) is 0.969. The zero-order valence-electron chi connectivity index (χ0n) is 27.8. The normalized spacial score (nSPS) is 27.3. The summed E-state index contributed by atoms with van der Waals surface area (Å²) in [6.07, 6.45) is 7.70. The molecule has 4 rings (SSSR count). The van der Waals surface area contributed by atoms with Gasteiger partial charge in [-0.15, -0.1) is 0 Å². The quantitative estimate of drug-likeness (QED) is 0.455. The number of piperidine rings is 1. The Morgan fingerprint density at radius 1 is 0.675 bits per heavy atom. The maximum atomic E-state index is 11.1. The van der Waals surface area contributed by atoms with E-state index in [9.17, 15) is 13.2 Å². The molecule has 0 spiro atoms. The van der Waals surface area contributed by atoms with Crippen LogP contribution >= 0.6 is 0 Å². The first-order valence-electron chi connectivity index (χ1n) is 16.2. The van der Waals surface area contributed by atoms with Gasteiger partial charge in [-0.05, 0) is 106 Å². The first kappa shape index (κ1) is 37.3. The maximum absolute atomic E-state index is 11.1. The highest BCUT2D eigenvalue weighted by molar-refractivity contribution is 7.88. The Bertz CT molecular complexity index is 788. The van der Waals surface area contributed by atoms with Gasteiger partial charge in [0.2, 0.25) is 15.9 Å². The summed E-state index contributed by atoms with van der Waals surface area (Å²) in [5, 5.41) is 6.77. The van der Waals surface area contributed by atoms with Gasteiger partial charge in [0.15, 0.2) is 0 Å². The Labute approximate surface area is 249 Å². The summed E-state index contributed by atoms with van der Waals surface area (Å²) >= 11 is 0. The molecule has 0 aromatic rings. The molecule has 0 aromatic heterocycles. The van der Waals surface area contributed by atoms with E-state index in [0.717, 1.165) is 61.6 Å². The number of hydrogen-bond acceptors (Lipinski definition) is 5. The number of nitrogens with one attached hydrogen (secondary N) is 2. The summed E-state index contributed by atoms with van der Waals surface area (Å²) in [5.41, 5.74) is 0. The molecule has 0 aliphatic carbocycles. The van der Waals surface area contributed by atoms with Crippen molar-refractivity contribution in [1.29, 1.82) is 0 Å². The summed E-state index contributed by atoms with van der Waals surface area (Å²) in [5.74, 6) is 6.49. The van der Waals surface area contributed by atoms with E-state index in [1.165, 1.54) is 58.1 Å². The molecule has 238 valence electrons. The van der Waals surface area contributed by atoms with Crippen molar-refractivity contribution in [3.8, 4) is 0 Å². The van der Waals surface area contributed by atoms with Crippen LogP contribution in [0.15, 0.2) is 0 Å². The summed E-state index contributed by atoms with van der Waals surface area (Å²) in [6, 6.07) is 0. The standard InChI is InChI=1S/C9H17NO.C8H17NO2S.C8H17N.C7H15N/c1-7(2)9-4-5-10(6-9)8(3)11;1-7(2)8-4-5-9(6-8)12(3,10)11;1-7(2)8-4-3-5-9-6-8;1-6(2)7-3-4-8-5-7/h7,9H,4-6H2,1-3H3;7-8H,4-6H2,1-3H3;7-9H,3-6H2,1-2H3;6-8H,3-5H2,1-2H3. The molecule has 4 atom stereocenters. The van der Waals surface area contributed by atoms with Crippen LogP contribution in [0.2, 0.25) is 0 Å². The molecule has 40 heavy (non-hydrogen) atoms. The first-order valence-corrected chi connectivity index (χ1v) is 18.1. The lowest BCUT2D eigenvalue weighted by atomic mass is 9.89. The molecule has 7 nitrogen and oxygen atoms in total. The smallest absolute Gasteiger partial charge is 0.219 e. The van der Waals surface area contributed by atoms with E-state index < -0.39 is 10.0 Å². The van der Waals surface area contributed by atoms with Gasteiger partial charge in [-0.2, -0.15) is 0 Å². The van der Waals surface area contributed by atoms with Crippen molar-refractivity contribution in [2.75, 3.05) is 58.6 Å². The van der Waals surface area contributed by atoms with Crippen molar-refractivity contribution in [3.63, 3.8) is 0 Å². The van der Waals surface area contributed by atoms with Gasteiger partial charge in [-0.25, -0.2) is 12.7 Å². The summed E-state index contributed by atoms with van der Waals surface area (Å²) in [6.45, 7) is 28.0. The minimum absolute atomic E-state index is 0.230. The number of carbonyl (C=O) groups is 1. The fourth-order valence-electron chi connectivity index (χ4n) is 5.91. The molecule has 4 aliphatic rings. The number of rotatable bonds is 5. The predicted octanol–water partition coefficient (Wildman–Crippen LogP) is 5.33. The highest BCUT2D eigenvalue weighted by Crippen LogP contribution is 2.25. The number of hydrogen-bond donors (Lipinski definition) is 2. The number of sulfonamides is 1. The molecule has 0 radical (unpaired) electrons. The molecule has 8 heteroatoms. The Balaban J connectivity index is 0.000000270. The Hall–Kier alpha value is -0.700. The largest absolute Gasteiger partial charge is 0.343 e. The zero-order chi connectivity index (χ0) is 30.5. The van der Waals surface area contributed by atoms with Crippen LogP contribution in [0.3, 0.4) is 0 Å². The molecule has 4 fully saturated rings. The SMILES string of the molecule is CC(=O)N1CCC(C(C)C)C1.CC(C)C1CCCNC1.CC(C)C1CCN(S(C)(=O)=O)C1.CC(C)C1CCNC1. The third kappa shape index (κ3) is 14.5. The van der Waals surface area contributed by atoms with Crippen LogP contribution in [0.5, 0.6) is 0 Å². The Morgan fingerprint density at radius 2 is 1.15 bits per heavy atom. The number of likely N-dealkylation sites (tertiary alicyclic amines) is 1. The van der Waals surface area contributed by atoms with Gasteiger partial charge in [0.1, 0.15) is 0 Å². The van der Waals surface area contributed by atoms with Gasteiger partial charge in [0, 0.05) is 33.1 Å². The van der Waals surface area contributed by atoms with Crippen LogP contribution in [0.4, 0.5) is 0 Å². The highest BCUT2D eigenvalue weighted by atomic mass is 32.2. The average Bonchev–Trinajstić information content (AvgIpc) is 3.67.